The number of rotatable bonds is 3. The van der Waals surface area contributed by atoms with Crippen molar-refractivity contribution in [3.63, 3.8) is 0 Å². The second-order valence-electron chi connectivity index (χ2n) is 2.80. The van der Waals surface area contributed by atoms with Crippen molar-refractivity contribution in [1.82, 2.24) is 0 Å². The molecular formula is C9H7N3O4. The fourth-order valence-electron chi connectivity index (χ4n) is 1.17. The summed E-state index contributed by atoms with van der Waals surface area (Å²) in [6.07, 6.45) is 0. The molecule has 0 heterocycles. The molecule has 0 aliphatic rings. The van der Waals surface area contributed by atoms with Crippen molar-refractivity contribution in [3.05, 3.63) is 33.4 Å². The highest BCUT2D eigenvalue weighted by Gasteiger charge is 2.20. The molecular weight excluding hydrogens is 214 g/mol. The van der Waals surface area contributed by atoms with Crippen LogP contribution < -0.4 is 10.5 Å². The van der Waals surface area contributed by atoms with Gasteiger partial charge in [-0.15, -0.1) is 0 Å². The van der Waals surface area contributed by atoms with Crippen molar-refractivity contribution in [2.75, 3.05) is 7.11 Å². The maximum atomic E-state index is 11.0. The molecule has 0 radical (unpaired) electrons. The van der Waals surface area contributed by atoms with E-state index >= 15 is 0 Å². The molecule has 0 aliphatic carbocycles. The molecule has 0 fully saturated rings. The van der Waals surface area contributed by atoms with Crippen LogP contribution in [0.4, 0.5) is 5.69 Å². The van der Waals surface area contributed by atoms with Crippen molar-refractivity contribution < 1.29 is 14.5 Å². The standard InChI is InChI=1S/C9H7N3O4/c1-16-8-3-6(9(11)13)5(4-10)2-7(8)12(14)15/h2-3H,1H3,(H2,11,13). The summed E-state index contributed by atoms with van der Waals surface area (Å²) in [6.45, 7) is 0. The Bertz CT molecular complexity index is 504. The van der Waals surface area contributed by atoms with Crippen molar-refractivity contribution in [3.8, 4) is 11.8 Å². The number of hydrogen-bond donors (Lipinski definition) is 1. The summed E-state index contributed by atoms with van der Waals surface area (Å²) in [7, 11) is 1.22. The van der Waals surface area contributed by atoms with Crippen LogP contribution in [-0.4, -0.2) is 17.9 Å². The molecule has 1 rings (SSSR count). The zero-order valence-electron chi connectivity index (χ0n) is 8.26. The van der Waals surface area contributed by atoms with E-state index in [1.807, 2.05) is 0 Å². The lowest BCUT2D eigenvalue weighted by Crippen LogP contribution is -2.13. The lowest BCUT2D eigenvalue weighted by molar-refractivity contribution is -0.385. The third-order valence-electron chi connectivity index (χ3n) is 1.90. The van der Waals surface area contributed by atoms with Crippen molar-refractivity contribution >= 4 is 11.6 Å². The Morgan fingerprint density at radius 1 is 1.62 bits per heavy atom. The molecule has 0 saturated heterocycles. The predicted octanol–water partition coefficient (Wildman–Crippen LogP) is 0.574. The van der Waals surface area contributed by atoms with E-state index < -0.39 is 10.8 Å². The minimum absolute atomic E-state index is 0.107. The van der Waals surface area contributed by atoms with Gasteiger partial charge in [0.05, 0.1) is 23.2 Å². The number of nitro benzene ring substituents is 1. The van der Waals surface area contributed by atoms with Crippen LogP contribution in [0, 0.1) is 21.4 Å². The summed E-state index contributed by atoms with van der Waals surface area (Å²) < 4.78 is 4.74. The first-order valence-corrected chi connectivity index (χ1v) is 4.07. The molecule has 1 aromatic rings. The monoisotopic (exact) mass is 221 g/mol. The lowest BCUT2D eigenvalue weighted by Gasteiger charge is -2.04. The summed E-state index contributed by atoms with van der Waals surface area (Å²) in [5.74, 6) is -0.956. The van der Waals surface area contributed by atoms with E-state index in [2.05, 4.69) is 0 Å². The number of hydrogen-bond acceptors (Lipinski definition) is 5. The molecule has 0 aliphatic heterocycles. The second-order valence-corrected chi connectivity index (χ2v) is 2.80. The SMILES string of the molecule is COc1cc(C(N)=O)c(C#N)cc1[N+](=O)[O-]. The predicted molar refractivity (Wildman–Crippen MR) is 52.9 cm³/mol. The first kappa shape index (κ1) is 11.5. The van der Waals surface area contributed by atoms with E-state index in [-0.39, 0.29) is 22.6 Å². The number of benzene rings is 1. The number of nitro groups is 1. The number of nitrogens with two attached hydrogens (primary N) is 1. The summed E-state index contributed by atoms with van der Waals surface area (Å²) in [6, 6.07) is 3.70. The molecule has 0 bridgehead atoms. The van der Waals surface area contributed by atoms with Crippen LogP contribution in [0.1, 0.15) is 15.9 Å². The van der Waals surface area contributed by atoms with Crippen LogP contribution in [0.25, 0.3) is 0 Å². The highest BCUT2D eigenvalue weighted by molar-refractivity contribution is 5.96. The summed E-state index contributed by atoms with van der Waals surface area (Å²) in [5, 5.41) is 19.3. The summed E-state index contributed by atoms with van der Waals surface area (Å²) >= 11 is 0. The van der Waals surface area contributed by atoms with Gasteiger partial charge >= 0.3 is 5.69 Å². The van der Waals surface area contributed by atoms with Crippen molar-refractivity contribution in [2.24, 2.45) is 5.73 Å². The van der Waals surface area contributed by atoms with Gasteiger partial charge < -0.3 is 10.5 Å². The lowest BCUT2D eigenvalue weighted by atomic mass is 10.1. The quantitative estimate of drug-likeness (QED) is 0.591. The fourth-order valence-corrected chi connectivity index (χ4v) is 1.17. The molecule has 1 aromatic carbocycles. The number of methoxy groups -OCH3 is 1. The van der Waals surface area contributed by atoms with Gasteiger partial charge in [0.2, 0.25) is 5.91 Å². The number of amides is 1. The normalized spacial score (nSPS) is 9.25. The number of ether oxygens (including phenoxy) is 1. The molecule has 0 unspecified atom stereocenters. The molecule has 16 heavy (non-hydrogen) atoms. The molecule has 0 spiro atoms. The Labute approximate surface area is 90.2 Å². The van der Waals surface area contributed by atoms with Gasteiger partial charge in [-0.1, -0.05) is 0 Å². The van der Waals surface area contributed by atoms with E-state index in [4.69, 9.17) is 15.7 Å². The van der Waals surface area contributed by atoms with E-state index in [0.29, 0.717) is 0 Å². The number of nitrogens with zero attached hydrogens (tertiary/aromatic N) is 2. The van der Waals surface area contributed by atoms with Crippen LogP contribution in [0.2, 0.25) is 0 Å². The number of carbonyl (C=O) groups is 1. The fraction of sp³-hybridized carbons (Fsp3) is 0.111. The molecule has 7 nitrogen and oxygen atoms in total. The maximum absolute atomic E-state index is 11.0. The van der Waals surface area contributed by atoms with Gasteiger partial charge in [0, 0.05) is 12.1 Å². The largest absolute Gasteiger partial charge is 0.490 e. The van der Waals surface area contributed by atoms with Crippen LogP contribution in [0.5, 0.6) is 5.75 Å². The van der Waals surface area contributed by atoms with Crippen LogP contribution >= 0.6 is 0 Å². The van der Waals surface area contributed by atoms with Gasteiger partial charge in [-0.25, -0.2) is 0 Å². The molecule has 7 heteroatoms. The number of carbonyl (C=O) groups excluding carboxylic acids is 1. The van der Waals surface area contributed by atoms with Crippen molar-refractivity contribution in [1.29, 1.82) is 5.26 Å². The number of primary amides is 1. The maximum Gasteiger partial charge on any atom is 0.312 e. The molecule has 1 amide bonds. The zero-order valence-corrected chi connectivity index (χ0v) is 8.26. The van der Waals surface area contributed by atoms with Crippen LogP contribution in [0.3, 0.4) is 0 Å². The van der Waals surface area contributed by atoms with Crippen molar-refractivity contribution in [2.45, 2.75) is 0 Å². The highest BCUT2D eigenvalue weighted by atomic mass is 16.6. The average molecular weight is 221 g/mol. The molecule has 0 saturated carbocycles. The Hall–Kier alpha value is -2.62. The first-order chi connectivity index (χ1) is 7.51. The Morgan fingerprint density at radius 3 is 2.62 bits per heavy atom. The van der Waals surface area contributed by atoms with Gasteiger partial charge in [-0.05, 0) is 0 Å². The Kier molecular flexibility index (Phi) is 3.06. The molecule has 0 atom stereocenters. The Balaban J connectivity index is 3.54. The highest BCUT2D eigenvalue weighted by Crippen LogP contribution is 2.29. The van der Waals surface area contributed by atoms with Gasteiger partial charge in [-0.2, -0.15) is 5.26 Å². The molecule has 0 aromatic heterocycles. The van der Waals surface area contributed by atoms with Gasteiger partial charge in [0.1, 0.15) is 6.07 Å². The Morgan fingerprint density at radius 2 is 2.25 bits per heavy atom. The van der Waals surface area contributed by atoms with E-state index in [0.717, 1.165) is 12.1 Å². The second kappa shape index (κ2) is 4.27. The summed E-state index contributed by atoms with van der Waals surface area (Å²) in [5.41, 5.74) is 4.38. The average Bonchev–Trinajstić information content (AvgIpc) is 2.26. The number of nitriles is 1. The van der Waals surface area contributed by atoms with Crippen LogP contribution in [-0.2, 0) is 0 Å². The van der Waals surface area contributed by atoms with E-state index in [1.165, 1.54) is 7.11 Å². The topological polar surface area (TPSA) is 119 Å². The van der Waals surface area contributed by atoms with Gasteiger partial charge in [-0.3, -0.25) is 14.9 Å². The molecule has 2 N–H and O–H groups in total. The first-order valence-electron chi connectivity index (χ1n) is 4.07. The third-order valence-corrected chi connectivity index (χ3v) is 1.90. The minimum Gasteiger partial charge on any atom is -0.490 e. The van der Waals surface area contributed by atoms with E-state index in [9.17, 15) is 14.9 Å². The van der Waals surface area contributed by atoms with Gasteiger partial charge in [0.15, 0.2) is 5.75 Å². The van der Waals surface area contributed by atoms with E-state index in [1.54, 1.807) is 6.07 Å². The van der Waals surface area contributed by atoms with Crippen LogP contribution in [0.15, 0.2) is 12.1 Å². The van der Waals surface area contributed by atoms with Gasteiger partial charge in [0.25, 0.3) is 0 Å². The smallest absolute Gasteiger partial charge is 0.312 e. The minimum atomic E-state index is -0.843. The summed E-state index contributed by atoms with van der Waals surface area (Å²) in [4.78, 5) is 20.9. The zero-order chi connectivity index (χ0) is 12.3. The molecule has 82 valence electrons. The third kappa shape index (κ3) is 1.90.